The molecule has 1 fully saturated rings. The Labute approximate surface area is 117 Å². The van der Waals surface area contributed by atoms with E-state index in [2.05, 4.69) is 21.2 Å². The number of halogens is 5. The van der Waals surface area contributed by atoms with Gasteiger partial charge >= 0.3 is 6.18 Å². The molecule has 0 aromatic heterocycles. The van der Waals surface area contributed by atoms with Crippen LogP contribution in [0.15, 0.2) is 22.7 Å². The Bertz CT molecular complexity index is 447. The Morgan fingerprint density at radius 1 is 1.21 bits per heavy atom. The molecule has 1 aliphatic rings. The van der Waals surface area contributed by atoms with Crippen LogP contribution >= 0.6 is 15.9 Å². The van der Waals surface area contributed by atoms with Gasteiger partial charge in [-0.25, -0.2) is 4.39 Å². The van der Waals surface area contributed by atoms with Crippen molar-refractivity contribution in [2.45, 2.75) is 37.9 Å². The largest absolute Gasteiger partial charge is 0.391 e. The summed E-state index contributed by atoms with van der Waals surface area (Å²) in [4.78, 5) is 0. The van der Waals surface area contributed by atoms with E-state index in [1.165, 1.54) is 6.07 Å². The van der Waals surface area contributed by atoms with Gasteiger partial charge in [-0.1, -0.05) is 22.4 Å². The van der Waals surface area contributed by atoms with Gasteiger partial charge in [0.1, 0.15) is 5.82 Å². The second-order valence-electron chi connectivity index (χ2n) is 4.87. The van der Waals surface area contributed by atoms with Crippen molar-refractivity contribution in [2.24, 2.45) is 5.92 Å². The summed E-state index contributed by atoms with van der Waals surface area (Å²) < 4.78 is 52.3. The van der Waals surface area contributed by atoms with Gasteiger partial charge in [0.25, 0.3) is 0 Å². The fourth-order valence-corrected chi connectivity index (χ4v) is 2.81. The molecule has 0 heterocycles. The third kappa shape index (κ3) is 3.84. The zero-order chi connectivity index (χ0) is 14.0. The monoisotopic (exact) mass is 339 g/mol. The number of alkyl halides is 3. The second-order valence-corrected chi connectivity index (χ2v) is 5.79. The van der Waals surface area contributed by atoms with Crippen LogP contribution in [0.5, 0.6) is 0 Å². The summed E-state index contributed by atoms with van der Waals surface area (Å²) in [7, 11) is 0. The molecular formula is C13H14BrF4N. The smallest absolute Gasteiger partial charge is 0.380 e. The Kier molecular flexibility index (Phi) is 4.38. The first-order valence-electron chi connectivity index (χ1n) is 6.14. The maximum absolute atomic E-state index is 13.6. The van der Waals surface area contributed by atoms with Crippen LogP contribution in [0.3, 0.4) is 0 Å². The maximum atomic E-state index is 13.6. The Morgan fingerprint density at radius 2 is 1.95 bits per heavy atom. The third-order valence-electron chi connectivity index (χ3n) is 3.43. The first-order chi connectivity index (χ1) is 8.86. The van der Waals surface area contributed by atoms with E-state index in [1.54, 1.807) is 12.1 Å². The number of rotatable bonds is 2. The lowest BCUT2D eigenvalue weighted by molar-refractivity contribution is -0.182. The van der Waals surface area contributed by atoms with Crippen LogP contribution < -0.4 is 5.32 Å². The summed E-state index contributed by atoms with van der Waals surface area (Å²) in [5, 5.41) is 2.89. The molecule has 6 heteroatoms. The zero-order valence-electron chi connectivity index (χ0n) is 10.1. The van der Waals surface area contributed by atoms with Crippen molar-refractivity contribution in [3.8, 4) is 0 Å². The van der Waals surface area contributed by atoms with Crippen LogP contribution in [0.2, 0.25) is 0 Å². The number of hydrogen-bond acceptors (Lipinski definition) is 1. The molecule has 106 valence electrons. The normalized spacial score (nSPS) is 24.3. The van der Waals surface area contributed by atoms with Crippen molar-refractivity contribution >= 4 is 21.6 Å². The second kappa shape index (κ2) is 5.69. The van der Waals surface area contributed by atoms with Crippen molar-refractivity contribution in [1.82, 2.24) is 0 Å². The van der Waals surface area contributed by atoms with Crippen molar-refractivity contribution in [1.29, 1.82) is 0 Å². The molecule has 2 unspecified atom stereocenters. The van der Waals surface area contributed by atoms with Crippen molar-refractivity contribution in [3.63, 3.8) is 0 Å². The number of benzene rings is 1. The SMILES string of the molecule is Fc1ccc(Br)cc1NC1CCCC(C(F)(F)F)C1. The van der Waals surface area contributed by atoms with Gasteiger partial charge in [0.15, 0.2) is 0 Å². The standard InChI is InChI=1S/C13H14BrF4N/c14-9-4-5-11(15)12(7-9)19-10-3-1-2-8(6-10)13(16,17)18/h4-5,7-8,10,19H,1-3,6H2. The molecule has 0 radical (unpaired) electrons. The third-order valence-corrected chi connectivity index (χ3v) is 3.92. The minimum Gasteiger partial charge on any atom is -0.380 e. The summed E-state index contributed by atoms with van der Waals surface area (Å²) in [6.45, 7) is 0. The van der Waals surface area contributed by atoms with Gasteiger partial charge in [0.2, 0.25) is 0 Å². The van der Waals surface area contributed by atoms with Crippen molar-refractivity contribution in [3.05, 3.63) is 28.5 Å². The Balaban J connectivity index is 2.05. The van der Waals surface area contributed by atoms with E-state index in [0.717, 1.165) is 0 Å². The van der Waals surface area contributed by atoms with Gasteiger partial charge in [-0.3, -0.25) is 0 Å². The molecule has 2 atom stereocenters. The fraction of sp³-hybridized carbons (Fsp3) is 0.538. The molecule has 19 heavy (non-hydrogen) atoms. The lowest BCUT2D eigenvalue weighted by atomic mass is 9.85. The lowest BCUT2D eigenvalue weighted by Crippen LogP contribution is -2.34. The van der Waals surface area contributed by atoms with Gasteiger partial charge in [-0.2, -0.15) is 13.2 Å². The zero-order valence-corrected chi connectivity index (χ0v) is 11.7. The van der Waals surface area contributed by atoms with Crippen LogP contribution in [0.25, 0.3) is 0 Å². The van der Waals surface area contributed by atoms with E-state index in [1.807, 2.05) is 0 Å². The number of hydrogen-bond donors (Lipinski definition) is 1. The fourth-order valence-electron chi connectivity index (χ4n) is 2.45. The average Bonchev–Trinajstić information content (AvgIpc) is 2.33. The van der Waals surface area contributed by atoms with Gasteiger partial charge < -0.3 is 5.32 Å². The number of anilines is 1. The molecule has 0 spiro atoms. The summed E-state index contributed by atoms with van der Waals surface area (Å²) in [6, 6.07) is 4.06. The van der Waals surface area contributed by atoms with Crippen LogP contribution in [-0.2, 0) is 0 Å². The molecule has 1 aromatic rings. The van der Waals surface area contributed by atoms with Gasteiger partial charge in [0, 0.05) is 10.5 Å². The Morgan fingerprint density at radius 3 is 2.63 bits per heavy atom. The molecule has 2 rings (SSSR count). The molecule has 0 bridgehead atoms. The Hall–Kier alpha value is -0.780. The molecule has 0 amide bonds. The van der Waals surface area contributed by atoms with E-state index in [4.69, 9.17) is 0 Å². The van der Waals surface area contributed by atoms with Crippen LogP contribution in [-0.4, -0.2) is 12.2 Å². The van der Waals surface area contributed by atoms with Gasteiger partial charge in [-0.15, -0.1) is 0 Å². The highest BCUT2D eigenvalue weighted by molar-refractivity contribution is 9.10. The van der Waals surface area contributed by atoms with E-state index in [-0.39, 0.29) is 24.6 Å². The van der Waals surface area contributed by atoms with Crippen LogP contribution in [0.1, 0.15) is 25.7 Å². The minimum atomic E-state index is -4.16. The lowest BCUT2D eigenvalue weighted by Gasteiger charge is -2.31. The molecular weight excluding hydrogens is 326 g/mol. The predicted octanol–water partition coefficient (Wildman–Crippen LogP) is 5.12. The quantitative estimate of drug-likeness (QED) is 0.737. The molecule has 1 aliphatic carbocycles. The number of nitrogens with one attached hydrogen (secondary N) is 1. The van der Waals surface area contributed by atoms with Crippen LogP contribution in [0.4, 0.5) is 23.2 Å². The summed E-state index contributed by atoms with van der Waals surface area (Å²) >= 11 is 3.22. The molecule has 0 aliphatic heterocycles. The maximum Gasteiger partial charge on any atom is 0.391 e. The van der Waals surface area contributed by atoms with E-state index < -0.39 is 17.9 Å². The summed E-state index contributed by atoms with van der Waals surface area (Å²) in [6.07, 6.45) is -2.83. The summed E-state index contributed by atoms with van der Waals surface area (Å²) in [5.41, 5.74) is 0.252. The first kappa shape index (κ1) is 14.6. The van der Waals surface area contributed by atoms with Gasteiger partial charge in [0.05, 0.1) is 11.6 Å². The topological polar surface area (TPSA) is 12.0 Å². The molecule has 1 nitrogen and oxygen atoms in total. The van der Waals surface area contributed by atoms with Gasteiger partial charge in [-0.05, 0) is 37.5 Å². The first-order valence-corrected chi connectivity index (χ1v) is 6.94. The highest BCUT2D eigenvalue weighted by Crippen LogP contribution is 2.38. The highest BCUT2D eigenvalue weighted by atomic mass is 79.9. The highest BCUT2D eigenvalue weighted by Gasteiger charge is 2.42. The average molecular weight is 340 g/mol. The van der Waals surface area contributed by atoms with Crippen molar-refractivity contribution in [2.75, 3.05) is 5.32 Å². The van der Waals surface area contributed by atoms with Crippen LogP contribution in [0, 0.1) is 11.7 Å². The van der Waals surface area contributed by atoms with E-state index >= 15 is 0 Å². The molecule has 1 saturated carbocycles. The minimum absolute atomic E-state index is 0.00938. The van der Waals surface area contributed by atoms with Crippen molar-refractivity contribution < 1.29 is 17.6 Å². The predicted molar refractivity (Wildman–Crippen MR) is 69.5 cm³/mol. The molecule has 1 aromatic carbocycles. The summed E-state index contributed by atoms with van der Waals surface area (Å²) in [5.74, 6) is -1.73. The van der Waals surface area contributed by atoms with E-state index in [9.17, 15) is 17.6 Å². The van der Waals surface area contributed by atoms with E-state index in [0.29, 0.717) is 17.3 Å². The molecule has 1 N–H and O–H groups in total. The molecule has 0 saturated heterocycles.